The molecule has 1 heterocycles. The Morgan fingerprint density at radius 1 is 1.31 bits per heavy atom. The second-order valence-corrected chi connectivity index (χ2v) is 8.56. The van der Waals surface area contributed by atoms with Crippen LogP contribution in [0.25, 0.3) is 0 Å². The lowest BCUT2D eigenvalue weighted by Crippen LogP contribution is -2.35. The van der Waals surface area contributed by atoms with Gasteiger partial charge in [0.2, 0.25) is 5.91 Å². The van der Waals surface area contributed by atoms with Crippen molar-refractivity contribution in [1.29, 1.82) is 0 Å². The molecule has 0 saturated carbocycles. The number of aliphatic hydroxyl groups excluding tert-OH is 1. The first-order valence-electron chi connectivity index (χ1n) is 10.1. The van der Waals surface area contributed by atoms with E-state index in [0.29, 0.717) is 12.0 Å². The fraction of sp³-hybridized carbons (Fsp3) is 0.435. The molecular weight excluding hydrogens is 386 g/mol. The molecule has 3 unspecified atom stereocenters. The molecule has 3 rings (SSSR count). The molecule has 1 saturated heterocycles. The highest BCUT2D eigenvalue weighted by Crippen LogP contribution is 2.30. The van der Waals surface area contributed by atoms with Crippen molar-refractivity contribution >= 4 is 23.2 Å². The minimum atomic E-state index is -0.552. The van der Waals surface area contributed by atoms with Crippen LogP contribution in [0.2, 0.25) is 0 Å². The molecule has 29 heavy (non-hydrogen) atoms. The summed E-state index contributed by atoms with van der Waals surface area (Å²) in [5.41, 5.74) is 8.98. The van der Waals surface area contributed by atoms with Crippen LogP contribution in [0.3, 0.4) is 0 Å². The smallest absolute Gasteiger partial charge is 0.248 e. The number of benzene rings is 2. The van der Waals surface area contributed by atoms with Crippen LogP contribution in [0.1, 0.15) is 40.9 Å². The Morgan fingerprint density at radius 3 is 2.62 bits per heavy atom. The molecule has 156 valence electrons. The Bertz CT molecular complexity index is 828. The van der Waals surface area contributed by atoms with Gasteiger partial charge in [0.1, 0.15) is 0 Å². The third kappa shape index (κ3) is 5.50. The van der Waals surface area contributed by atoms with Crippen LogP contribution in [0.15, 0.2) is 48.5 Å². The van der Waals surface area contributed by atoms with Gasteiger partial charge < -0.3 is 15.7 Å². The predicted molar refractivity (Wildman–Crippen MR) is 119 cm³/mol. The number of amides is 1. The van der Waals surface area contributed by atoms with Gasteiger partial charge in [-0.2, -0.15) is 0 Å². The normalized spacial score (nSPS) is 19.1. The minimum absolute atomic E-state index is 0.136. The molecule has 2 aromatic rings. The highest BCUT2D eigenvalue weighted by Gasteiger charge is 2.26. The number of alkyl halides is 1. The van der Waals surface area contributed by atoms with Crippen molar-refractivity contribution < 1.29 is 9.90 Å². The first kappa shape index (κ1) is 21.6. The van der Waals surface area contributed by atoms with Crippen molar-refractivity contribution in [3.05, 3.63) is 65.2 Å². The zero-order chi connectivity index (χ0) is 21.0. The van der Waals surface area contributed by atoms with Crippen molar-refractivity contribution in [3.8, 4) is 0 Å². The van der Waals surface area contributed by atoms with Crippen molar-refractivity contribution in [2.24, 2.45) is 5.73 Å². The maximum atomic E-state index is 11.8. The summed E-state index contributed by atoms with van der Waals surface area (Å²) in [6.07, 6.45) is 0.845. The molecule has 3 atom stereocenters. The van der Waals surface area contributed by atoms with Gasteiger partial charge in [0.15, 0.2) is 0 Å². The number of rotatable bonds is 8. The summed E-state index contributed by atoms with van der Waals surface area (Å²) < 4.78 is 0. The third-order valence-electron chi connectivity index (χ3n) is 5.57. The summed E-state index contributed by atoms with van der Waals surface area (Å²) >= 11 is 6.33. The fourth-order valence-corrected chi connectivity index (χ4v) is 4.32. The molecule has 5 nitrogen and oxygen atoms in total. The summed E-state index contributed by atoms with van der Waals surface area (Å²) in [4.78, 5) is 16.4. The molecule has 0 radical (unpaired) electrons. The molecule has 0 bridgehead atoms. The number of nitrogens with zero attached hydrogens (tertiary/aromatic N) is 2. The number of carbonyl (C=O) groups excluding carboxylic acids is 1. The molecule has 1 amide bonds. The quantitative estimate of drug-likeness (QED) is 0.649. The second-order valence-electron chi connectivity index (χ2n) is 7.94. The molecule has 0 spiro atoms. The number of primary amides is 1. The van der Waals surface area contributed by atoms with Gasteiger partial charge in [-0.1, -0.05) is 30.3 Å². The van der Waals surface area contributed by atoms with Crippen LogP contribution >= 0.6 is 11.6 Å². The average molecular weight is 416 g/mol. The van der Waals surface area contributed by atoms with Crippen LogP contribution in [0.4, 0.5) is 5.69 Å². The Balaban J connectivity index is 1.92. The summed E-state index contributed by atoms with van der Waals surface area (Å²) in [5, 5.41) is 10.1. The van der Waals surface area contributed by atoms with E-state index >= 15 is 0 Å². The lowest BCUT2D eigenvalue weighted by Gasteiger charge is -2.34. The number of hydrogen-bond acceptors (Lipinski definition) is 4. The molecule has 6 heteroatoms. The number of anilines is 1. The van der Waals surface area contributed by atoms with Crippen LogP contribution in [-0.2, 0) is 6.42 Å². The van der Waals surface area contributed by atoms with Crippen molar-refractivity contribution in [1.82, 2.24) is 4.90 Å². The van der Waals surface area contributed by atoms with Gasteiger partial charge in [0.05, 0.1) is 12.1 Å². The number of likely N-dealkylation sites (tertiary alicyclic amines) is 1. The van der Waals surface area contributed by atoms with Crippen molar-refractivity contribution in [2.45, 2.75) is 37.3 Å². The van der Waals surface area contributed by atoms with E-state index in [4.69, 9.17) is 17.3 Å². The summed E-state index contributed by atoms with van der Waals surface area (Å²) in [6, 6.07) is 16.2. The Morgan fingerprint density at radius 2 is 2.03 bits per heavy atom. The molecule has 3 N–H and O–H groups in total. The number of halogens is 1. The standard InChI is InChI=1S/C23H30ClN3O2/c1-16(28)12-18-13-20(8-9-21(18)23(25)29)26(2)22(17-6-4-3-5-7-17)15-27-11-10-19(24)14-27/h3-9,13,16,19,22,28H,10-12,14-15H2,1-2H3,(H2,25,29). The molecule has 0 aliphatic carbocycles. The zero-order valence-electron chi connectivity index (χ0n) is 17.1. The highest BCUT2D eigenvalue weighted by molar-refractivity contribution is 6.20. The number of aliphatic hydroxyl groups is 1. The van der Waals surface area contributed by atoms with Gasteiger partial charge in [-0.05, 0) is 55.6 Å². The third-order valence-corrected chi connectivity index (χ3v) is 5.93. The maximum absolute atomic E-state index is 11.8. The van der Waals surface area contributed by atoms with E-state index in [1.807, 2.05) is 18.2 Å². The van der Waals surface area contributed by atoms with E-state index < -0.39 is 12.0 Å². The van der Waals surface area contributed by atoms with Crippen LogP contribution in [0.5, 0.6) is 0 Å². The number of nitrogens with two attached hydrogens (primary N) is 1. The zero-order valence-corrected chi connectivity index (χ0v) is 17.8. The topological polar surface area (TPSA) is 69.8 Å². The lowest BCUT2D eigenvalue weighted by molar-refractivity contribution is 0.0998. The van der Waals surface area contributed by atoms with Crippen LogP contribution in [0, 0.1) is 0 Å². The first-order chi connectivity index (χ1) is 13.8. The van der Waals surface area contributed by atoms with Crippen LogP contribution < -0.4 is 10.6 Å². The summed E-state index contributed by atoms with van der Waals surface area (Å²) in [5.74, 6) is -0.473. The number of carbonyl (C=O) groups is 1. The van der Waals surface area contributed by atoms with E-state index in [1.165, 1.54) is 5.56 Å². The number of likely N-dealkylation sites (N-methyl/N-ethyl adjacent to an activating group) is 1. The second kappa shape index (κ2) is 9.61. The van der Waals surface area contributed by atoms with Gasteiger partial charge >= 0.3 is 0 Å². The molecular formula is C23H30ClN3O2. The van der Waals surface area contributed by atoms with E-state index in [2.05, 4.69) is 41.1 Å². The first-order valence-corrected chi connectivity index (χ1v) is 10.5. The van der Waals surface area contributed by atoms with Gasteiger partial charge in [-0.25, -0.2) is 0 Å². The van der Waals surface area contributed by atoms with Gasteiger partial charge in [-0.15, -0.1) is 11.6 Å². The van der Waals surface area contributed by atoms with E-state index in [1.54, 1.807) is 13.0 Å². The van der Waals surface area contributed by atoms with Crippen LogP contribution in [-0.4, -0.2) is 54.1 Å². The van der Waals surface area contributed by atoms with Gasteiger partial charge in [-0.3, -0.25) is 9.69 Å². The fourth-order valence-electron chi connectivity index (χ4n) is 4.03. The van der Waals surface area contributed by atoms with Crippen molar-refractivity contribution in [2.75, 3.05) is 31.6 Å². The minimum Gasteiger partial charge on any atom is -0.393 e. The maximum Gasteiger partial charge on any atom is 0.248 e. The lowest BCUT2D eigenvalue weighted by atomic mass is 9.99. The Hall–Kier alpha value is -2.08. The monoisotopic (exact) mass is 415 g/mol. The molecule has 2 aromatic carbocycles. The molecule has 1 fully saturated rings. The Kier molecular flexibility index (Phi) is 7.17. The molecule has 1 aliphatic heterocycles. The van der Waals surface area contributed by atoms with Crippen molar-refractivity contribution in [3.63, 3.8) is 0 Å². The summed E-state index contributed by atoms with van der Waals surface area (Å²) in [7, 11) is 2.07. The predicted octanol–water partition coefficient (Wildman–Crippen LogP) is 3.20. The average Bonchev–Trinajstić information content (AvgIpc) is 3.10. The van der Waals surface area contributed by atoms with E-state index in [0.717, 1.165) is 37.3 Å². The van der Waals surface area contributed by atoms with E-state index in [-0.39, 0.29) is 11.4 Å². The Labute approximate surface area is 178 Å². The van der Waals surface area contributed by atoms with Gasteiger partial charge in [0.25, 0.3) is 0 Å². The SMILES string of the molecule is CC(O)Cc1cc(N(C)C(CN2CCC(Cl)C2)c2ccccc2)ccc1C(N)=O. The highest BCUT2D eigenvalue weighted by atomic mass is 35.5. The summed E-state index contributed by atoms with van der Waals surface area (Å²) in [6.45, 7) is 4.47. The van der Waals surface area contributed by atoms with Gasteiger partial charge in [0, 0.05) is 36.8 Å². The largest absolute Gasteiger partial charge is 0.393 e. The molecule has 0 aromatic heterocycles. The van der Waals surface area contributed by atoms with E-state index in [9.17, 15) is 9.90 Å². The molecule has 1 aliphatic rings. The number of hydrogen-bond donors (Lipinski definition) is 2.